The van der Waals surface area contributed by atoms with E-state index in [1.165, 1.54) is 0 Å². The third-order valence-electron chi connectivity index (χ3n) is 3.49. The van der Waals surface area contributed by atoms with Gasteiger partial charge in [-0.15, -0.1) is 0 Å². The van der Waals surface area contributed by atoms with Crippen LogP contribution in [0.4, 0.5) is 0 Å². The lowest BCUT2D eigenvalue weighted by atomic mass is 10.1. The molecule has 114 valence electrons. The minimum absolute atomic E-state index is 0.505. The highest BCUT2D eigenvalue weighted by atomic mass is 16.1. The molecule has 0 saturated heterocycles. The summed E-state index contributed by atoms with van der Waals surface area (Å²) < 4.78 is 3.81. The molecule has 0 aliphatic heterocycles. The van der Waals surface area contributed by atoms with Crippen molar-refractivity contribution in [3.63, 3.8) is 0 Å². The molecule has 0 bridgehead atoms. The second kappa shape index (κ2) is 6.65. The molecule has 0 aromatic carbocycles. The Labute approximate surface area is 125 Å². The van der Waals surface area contributed by atoms with Crippen LogP contribution in [0.2, 0.25) is 0 Å². The molecule has 0 N–H and O–H groups in total. The lowest BCUT2D eigenvalue weighted by Gasteiger charge is -2.10. The Morgan fingerprint density at radius 3 is 2.57 bits per heavy atom. The van der Waals surface area contributed by atoms with Gasteiger partial charge in [-0.3, -0.25) is 9.48 Å². The van der Waals surface area contributed by atoms with Crippen molar-refractivity contribution >= 4 is 6.29 Å². The molecule has 0 atom stereocenters. The van der Waals surface area contributed by atoms with Gasteiger partial charge in [0.05, 0.1) is 11.3 Å². The van der Waals surface area contributed by atoms with Crippen LogP contribution >= 0.6 is 0 Å². The van der Waals surface area contributed by atoms with Gasteiger partial charge in [-0.1, -0.05) is 27.7 Å². The molecule has 2 aromatic heterocycles. The van der Waals surface area contributed by atoms with Crippen molar-refractivity contribution in [3.05, 3.63) is 29.1 Å². The summed E-state index contributed by atoms with van der Waals surface area (Å²) in [6, 6.07) is 0. The summed E-state index contributed by atoms with van der Waals surface area (Å²) in [6.45, 7) is 9.74. The monoisotopic (exact) mass is 289 g/mol. The maximum Gasteiger partial charge on any atom is 0.153 e. The molecular formula is C15H23N5O. The zero-order valence-electron chi connectivity index (χ0n) is 13.2. The van der Waals surface area contributed by atoms with Crippen molar-refractivity contribution in [1.29, 1.82) is 0 Å². The summed E-state index contributed by atoms with van der Waals surface area (Å²) in [6.07, 6.45) is 4.03. The number of rotatable bonds is 7. The molecule has 21 heavy (non-hydrogen) atoms. The zero-order chi connectivity index (χ0) is 15.4. The van der Waals surface area contributed by atoms with Gasteiger partial charge in [-0.05, 0) is 18.8 Å². The molecule has 6 heteroatoms. The predicted molar refractivity (Wildman–Crippen MR) is 80.3 cm³/mol. The van der Waals surface area contributed by atoms with Crippen LogP contribution in [-0.2, 0) is 25.9 Å². The minimum atomic E-state index is 0.505. The largest absolute Gasteiger partial charge is 0.298 e. The first-order valence-electron chi connectivity index (χ1n) is 7.51. The number of nitrogens with zero attached hydrogens (tertiary/aromatic N) is 5. The van der Waals surface area contributed by atoms with Crippen LogP contribution in [-0.4, -0.2) is 30.8 Å². The van der Waals surface area contributed by atoms with Crippen molar-refractivity contribution < 1.29 is 4.79 Å². The highest BCUT2D eigenvalue weighted by Gasteiger charge is 2.16. The Kier molecular flexibility index (Phi) is 4.88. The number of aromatic nitrogens is 5. The second-order valence-electron chi connectivity index (χ2n) is 5.54. The Morgan fingerprint density at radius 2 is 2.00 bits per heavy atom. The van der Waals surface area contributed by atoms with Gasteiger partial charge in [-0.25, -0.2) is 9.67 Å². The molecule has 0 aliphatic carbocycles. The van der Waals surface area contributed by atoms with Crippen molar-refractivity contribution in [2.45, 2.75) is 53.6 Å². The summed E-state index contributed by atoms with van der Waals surface area (Å²) in [5.74, 6) is 1.38. The van der Waals surface area contributed by atoms with E-state index >= 15 is 0 Å². The smallest absolute Gasteiger partial charge is 0.153 e. The summed E-state index contributed by atoms with van der Waals surface area (Å²) in [5.41, 5.74) is 2.56. The van der Waals surface area contributed by atoms with E-state index < -0.39 is 0 Å². The SMILES string of the molecule is CCc1nn(Cc2ncnn2CC(C)C)c(CC)c1C=O. The van der Waals surface area contributed by atoms with Crippen molar-refractivity contribution in [3.8, 4) is 0 Å². The maximum absolute atomic E-state index is 11.3. The quantitative estimate of drug-likeness (QED) is 0.732. The summed E-state index contributed by atoms with van der Waals surface area (Å²) in [5, 5.41) is 8.84. The number of aryl methyl sites for hydroxylation is 1. The normalized spacial score (nSPS) is 11.3. The standard InChI is InChI=1S/C15H23N5O/c1-5-13-12(9-21)14(6-2)19(18-13)8-15-16-10-17-20(15)7-11(3)4/h9-11H,5-8H2,1-4H3. The van der Waals surface area contributed by atoms with E-state index in [2.05, 4.69) is 29.0 Å². The molecule has 0 aliphatic rings. The summed E-state index contributed by atoms with van der Waals surface area (Å²) in [4.78, 5) is 15.6. The van der Waals surface area contributed by atoms with Gasteiger partial charge in [-0.2, -0.15) is 10.2 Å². The van der Waals surface area contributed by atoms with E-state index in [4.69, 9.17) is 0 Å². The fourth-order valence-corrected chi connectivity index (χ4v) is 2.51. The minimum Gasteiger partial charge on any atom is -0.298 e. The third-order valence-corrected chi connectivity index (χ3v) is 3.49. The van der Waals surface area contributed by atoms with Crippen LogP contribution in [0, 0.1) is 5.92 Å². The molecule has 2 aromatic rings. The fourth-order valence-electron chi connectivity index (χ4n) is 2.51. The Morgan fingerprint density at radius 1 is 1.24 bits per heavy atom. The van der Waals surface area contributed by atoms with E-state index in [1.807, 2.05) is 23.2 Å². The molecule has 6 nitrogen and oxygen atoms in total. The van der Waals surface area contributed by atoms with Crippen LogP contribution in [0.15, 0.2) is 6.33 Å². The van der Waals surface area contributed by atoms with E-state index in [9.17, 15) is 4.79 Å². The fraction of sp³-hybridized carbons (Fsp3) is 0.600. The molecule has 0 amide bonds. The molecule has 0 spiro atoms. The van der Waals surface area contributed by atoms with Crippen LogP contribution in [0.5, 0.6) is 0 Å². The van der Waals surface area contributed by atoms with Crippen LogP contribution in [0.3, 0.4) is 0 Å². The van der Waals surface area contributed by atoms with E-state index in [0.717, 1.165) is 48.4 Å². The number of aldehydes is 1. The third kappa shape index (κ3) is 3.20. The molecule has 2 rings (SSSR count). The van der Waals surface area contributed by atoms with Gasteiger partial charge in [0.15, 0.2) is 6.29 Å². The highest BCUT2D eigenvalue weighted by Crippen LogP contribution is 2.15. The topological polar surface area (TPSA) is 65.6 Å². The molecular weight excluding hydrogens is 266 g/mol. The van der Waals surface area contributed by atoms with Gasteiger partial charge in [0.25, 0.3) is 0 Å². The lowest BCUT2D eigenvalue weighted by Crippen LogP contribution is -2.15. The second-order valence-corrected chi connectivity index (χ2v) is 5.54. The first-order valence-corrected chi connectivity index (χ1v) is 7.51. The van der Waals surface area contributed by atoms with Crippen molar-refractivity contribution in [1.82, 2.24) is 24.5 Å². The van der Waals surface area contributed by atoms with Crippen molar-refractivity contribution in [2.24, 2.45) is 5.92 Å². The summed E-state index contributed by atoms with van der Waals surface area (Å²) in [7, 11) is 0. The van der Waals surface area contributed by atoms with Gasteiger partial charge >= 0.3 is 0 Å². The first-order chi connectivity index (χ1) is 10.1. The zero-order valence-corrected chi connectivity index (χ0v) is 13.2. The van der Waals surface area contributed by atoms with Gasteiger partial charge in [0, 0.05) is 12.2 Å². The molecule has 0 saturated carbocycles. The molecule has 2 heterocycles. The van der Waals surface area contributed by atoms with E-state index in [0.29, 0.717) is 12.5 Å². The summed E-state index contributed by atoms with van der Waals surface area (Å²) >= 11 is 0. The lowest BCUT2D eigenvalue weighted by molar-refractivity contribution is 0.112. The van der Waals surface area contributed by atoms with Gasteiger partial charge < -0.3 is 0 Å². The number of carbonyl (C=O) groups excluding carboxylic acids is 1. The highest BCUT2D eigenvalue weighted by molar-refractivity contribution is 5.78. The Hall–Kier alpha value is -1.98. The molecule has 0 radical (unpaired) electrons. The van der Waals surface area contributed by atoms with Gasteiger partial charge in [0.1, 0.15) is 18.7 Å². The maximum atomic E-state index is 11.3. The Bertz CT molecular complexity index is 612. The molecule has 0 unspecified atom stereocenters. The number of carbonyl (C=O) groups is 1. The van der Waals surface area contributed by atoms with Crippen LogP contribution in [0.1, 0.15) is 55.3 Å². The van der Waals surface area contributed by atoms with Crippen LogP contribution in [0.25, 0.3) is 0 Å². The average Bonchev–Trinajstić information content (AvgIpc) is 3.02. The van der Waals surface area contributed by atoms with Crippen LogP contribution < -0.4 is 0 Å². The number of hydrogen-bond acceptors (Lipinski definition) is 4. The number of hydrogen-bond donors (Lipinski definition) is 0. The predicted octanol–water partition coefficient (Wildman–Crippen LogP) is 2.12. The van der Waals surface area contributed by atoms with E-state index in [1.54, 1.807) is 6.33 Å². The average molecular weight is 289 g/mol. The first kappa shape index (κ1) is 15.4. The van der Waals surface area contributed by atoms with E-state index in [-0.39, 0.29) is 0 Å². The Balaban J connectivity index is 2.33. The van der Waals surface area contributed by atoms with Gasteiger partial charge in [0.2, 0.25) is 0 Å². The van der Waals surface area contributed by atoms with Crippen molar-refractivity contribution in [2.75, 3.05) is 0 Å². The molecule has 0 fully saturated rings.